The van der Waals surface area contributed by atoms with Gasteiger partial charge in [0, 0.05) is 44.8 Å². The molecule has 1 fully saturated rings. The van der Waals surface area contributed by atoms with E-state index in [2.05, 4.69) is 63.8 Å². The van der Waals surface area contributed by atoms with Crippen molar-refractivity contribution in [3.8, 4) is 0 Å². The first kappa shape index (κ1) is 32.0. The molecule has 0 unspecified atom stereocenters. The molecule has 0 aliphatic heterocycles. The Bertz CT molecular complexity index is 342. The molecular weight excluding hydrogens is 367 g/mol. The summed E-state index contributed by atoms with van der Waals surface area (Å²) >= 11 is 0. The van der Waals surface area contributed by atoms with Gasteiger partial charge in [0.1, 0.15) is 0 Å². The Morgan fingerprint density at radius 3 is 1.67 bits per heavy atom. The van der Waals surface area contributed by atoms with Crippen LogP contribution in [0.25, 0.3) is 0 Å². The average Bonchev–Trinajstić information content (AvgIpc) is 2.95. The molecule has 0 aromatic heterocycles. The normalized spacial score (nSPS) is 13.2. The molecule has 2 heteroatoms. The van der Waals surface area contributed by atoms with E-state index in [0.717, 1.165) is 12.1 Å². The Kier molecular flexibility index (Phi) is 24.1. The number of hydrogen-bond acceptors (Lipinski definition) is 1. The summed E-state index contributed by atoms with van der Waals surface area (Å²) in [6.07, 6.45) is 5.78. The zero-order valence-corrected chi connectivity index (χ0v) is 17.5. The fourth-order valence-electron chi connectivity index (χ4n) is 3.12. The topological polar surface area (TPSA) is 3.24 Å². The van der Waals surface area contributed by atoms with Crippen molar-refractivity contribution in [2.45, 2.75) is 101 Å². The Morgan fingerprint density at radius 1 is 0.917 bits per heavy atom. The summed E-state index contributed by atoms with van der Waals surface area (Å²) in [7, 11) is 0. The van der Waals surface area contributed by atoms with Crippen molar-refractivity contribution in [2.75, 3.05) is 6.54 Å². The molecule has 1 nitrogen and oxygen atoms in total. The van der Waals surface area contributed by atoms with Crippen LogP contribution in [0.15, 0.2) is 30.3 Å². The van der Waals surface area contributed by atoms with Crippen LogP contribution in [0.4, 0.5) is 0 Å². The SMILES string of the molecule is C.C.C.CC(C)c1ccccc1.CCN(C(C)C)C1CCCC1.[Y]. The standard InChI is InChI=1S/C10H21N.C9H12.3CH4.Y/c1-4-11(9(2)3)10-7-5-6-8-10;1-8(2)9-6-4-3-5-7-9;;;;/h9-10H,4-8H2,1-3H3;3-8H,1-2H3;3*1H4;. The first-order valence-corrected chi connectivity index (χ1v) is 8.36. The zero-order chi connectivity index (χ0) is 15.0. The van der Waals surface area contributed by atoms with Crippen LogP contribution in [0.5, 0.6) is 0 Å². The van der Waals surface area contributed by atoms with E-state index in [-0.39, 0.29) is 55.0 Å². The molecule has 0 amide bonds. The van der Waals surface area contributed by atoms with Crippen molar-refractivity contribution in [1.29, 1.82) is 0 Å². The number of rotatable bonds is 4. The van der Waals surface area contributed by atoms with E-state index in [9.17, 15) is 0 Å². The molecule has 2 rings (SSSR count). The third-order valence-electron chi connectivity index (χ3n) is 4.29. The van der Waals surface area contributed by atoms with Crippen LogP contribution in [-0.2, 0) is 32.7 Å². The van der Waals surface area contributed by atoms with Crippen molar-refractivity contribution in [3.05, 3.63) is 35.9 Å². The molecule has 1 saturated carbocycles. The predicted molar refractivity (Wildman–Crippen MR) is 110 cm³/mol. The van der Waals surface area contributed by atoms with Crippen molar-refractivity contribution in [1.82, 2.24) is 4.90 Å². The molecule has 141 valence electrons. The zero-order valence-electron chi connectivity index (χ0n) is 14.7. The largest absolute Gasteiger partial charge is 0.298 e. The van der Waals surface area contributed by atoms with E-state index < -0.39 is 0 Å². The minimum Gasteiger partial charge on any atom is -0.298 e. The maximum absolute atomic E-state index is 2.63. The van der Waals surface area contributed by atoms with E-state index in [0.29, 0.717) is 5.92 Å². The Hall–Kier alpha value is 0.284. The van der Waals surface area contributed by atoms with E-state index in [1.807, 2.05) is 6.07 Å². The van der Waals surface area contributed by atoms with Crippen LogP contribution < -0.4 is 0 Å². The Labute approximate surface area is 179 Å². The molecule has 0 bridgehead atoms. The molecule has 24 heavy (non-hydrogen) atoms. The number of benzene rings is 1. The summed E-state index contributed by atoms with van der Waals surface area (Å²) in [6, 6.07) is 12.2. The van der Waals surface area contributed by atoms with Crippen LogP contribution in [0.1, 0.15) is 94.1 Å². The molecule has 0 N–H and O–H groups in total. The quantitative estimate of drug-likeness (QED) is 0.499. The molecule has 0 saturated heterocycles. The van der Waals surface area contributed by atoms with Gasteiger partial charge < -0.3 is 0 Å². The molecule has 0 atom stereocenters. The van der Waals surface area contributed by atoms with E-state index in [1.165, 1.54) is 37.8 Å². The number of hydrogen-bond donors (Lipinski definition) is 0. The van der Waals surface area contributed by atoms with Gasteiger partial charge in [-0.2, -0.15) is 0 Å². The molecule has 1 radical (unpaired) electrons. The summed E-state index contributed by atoms with van der Waals surface area (Å²) < 4.78 is 0. The van der Waals surface area contributed by atoms with E-state index in [4.69, 9.17) is 0 Å². The Balaban J connectivity index is -0.000000145. The van der Waals surface area contributed by atoms with E-state index >= 15 is 0 Å². The minimum absolute atomic E-state index is 0. The average molecular weight is 413 g/mol. The summed E-state index contributed by atoms with van der Waals surface area (Å²) in [4.78, 5) is 2.63. The second-order valence-corrected chi connectivity index (χ2v) is 6.43. The maximum Gasteiger partial charge on any atom is 0.00978 e. The van der Waals surface area contributed by atoms with Gasteiger partial charge in [-0.15, -0.1) is 0 Å². The summed E-state index contributed by atoms with van der Waals surface area (Å²) in [6.45, 7) is 12.5. The van der Waals surface area contributed by atoms with Gasteiger partial charge in [-0.3, -0.25) is 4.90 Å². The van der Waals surface area contributed by atoms with Gasteiger partial charge in [0.05, 0.1) is 0 Å². The first-order valence-electron chi connectivity index (χ1n) is 8.36. The van der Waals surface area contributed by atoms with Crippen molar-refractivity contribution < 1.29 is 32.7 Å². The van der Waals surface area contributed by atoms with Gasteiger partial charge in [0.15, 0.2) is 0 Å². The predicted octanol–water partition coefficient (Wildman–Crippen LogP) is 7.38. The van der Waals surface area contributed by atoms with Crippen LogP contribution >= 0.6 is 0 Å². The Morgan fingerprint density at radius 2 is 1.38 bits per heavy atom. The van der Waals surface area contributed by atoms with Crippen molar-refractivity contribution in [3.63, 3.8) is 0 Å². The van der Waals surface area contributed by atoms with Gasteiger partial charge in [-0.05, 0) is 44.7 Å². The molecule has 1 aromatic carbocycles. The molecule has 1 aliphatic rings. The maximum atomic E-state index is 2.63. The third-order valence-corrected chi connectivity index (χ3v) is 4.29. The van der Waals surface area contributed by atoms with Gasteiger partial charge in [-0.25, -0.2) is 0 Å². The smallest absolute Gasteiger partial charge is 0.00978 e. The van der Waals surface area contributed by atoms with Crippen molar-refractivity contribution in [2.24, 2.45) is 0 Å². The van der Waals surface area contributed by atoms with Crippen LogP contribution in [0.3, 0.4) is 0 Å². The van der Waals surface area contributed by atoms with Gasteiger partial charge >= 0.3 is 0 Å². The number of nitrogens with zero attached hydrogens (tertiary/aromatic N) is 1. The van der Waals surface area contributed by atoms with E-state index in [1.54, 1.807) is 0 Å². The van der Waals surface area contributed by atoms with Gasteiger partial charge in [0.2, 0.25) is 0 Å². The fourth-order valence-corrected chi connectivity index (χ4v) is 3.12. The van der Waals surface area contributed by atoms with Gasteiger partial charge in [-0.1, -0.05) is 86.2 Å². The molecule has 0 heterocycles. The first-order chi connectivity index (χ1) is 9.56. The minimum atomic E-state index is 0. The van der Waals surface area contributed by atoms with Crippen LogP contribution in [0, 0.1) is 0 Å². The van der Waals surface area contributed by atoms with Crippen LogP contribution in [-0.4, -0.2) is 23.5 Å². The molecule has 1 aliphatic carbocycles. The third kappa shape index (κ3) is 11.8. The van der Waals surface area contributed by atoms with Crippen molar-refractivity contribution >= 4 is 0 Å². The molecular formula is C22H45NY. The molecule has 0 spiro atoms. The summed E-state index contributed by atoms with van der Waals surface area (Å²) in [5.41, 5.74) is 1.41. The second kappa shape index (κ2) is 18.1. The monoisotopic (exact) mass is 412 g/mol. The summed E-state index contributed by atoms with van der Waals surface area (Å²) in [5, 5.41) is 0. The van der Waals surface area contributed by atoms with Gasteiger partial charge in [0.25, 0.3) is 0 Å². The second-order valence-electron chi connectivity index (χ2n) is 6.43. The molecule has 1 aromatic rings. The van der Waals surface area contributed by atoms with Crippen LogP contribution in [0.2, 0.25) is 0 Å². The summed E-state index contributed by atoms with van der Waals surface area (Å²) in [5.74, 6) is 0.659. The fraction of sp³-hybridized carbons (Fsp3) is 0.727.